The smallest absolute Gasteiger partial charge is 0.0351 e. The highest BCUT2D eigenvalue weighted by Gasteiger charge is 2.36. The third-order valence-corrected chi connectivity index (χ3v) is 5.40. The van der Waals surface area contributed by atoms with E-state index in [0.29, 0.717) is 12.0 Å². The van der Waals surface area contributed by atoms with Crippen molar-refractivity contribution < 1.29 is 0 Å². The Balaban J connectivity index is 1.58. The summed E-state index contributed by atoms with van der Waals surface area (Å²) in [4.78, 5) is 2.63. The first kappa shape index (κ1) is 14.0. The van der Waals surface area contributed by atoms with Crippen LogP contribution in [-0.4, -0.2) is 24.0 Å². The molecule has 1 aliphatic heterocycles. The van der Waals surface area contributed by atoms with Crippen LogP contribution in [0, 0.1) is 0 Å². The van der Waals surface area contributed by atoms with Gasteiger partial charge in [0.2, 0.25) is 0 Å². The molecule has 0 radical (unpaired) electrons. The van der Waals surface area contributed by atoms with Crippen LogP contribution in [-0.2, 0) is 6.42 Å². The van der Waals surface area contributed by atoms with Crippen molar-refractivity contribution in [3.05, 3.63) is 71.3 Å². The van der Waals surface area contributed by atoms with Crippen LogP contribution in [0.1, 0.15) is 41.5 Å². The molecule has 2 aromatic carbocycles. The minimum Gasteiger partial charge on any atom is -0.326 e. The third kappa shape index (κ3) is 2.47. The summed E-state index contributed by atoms with van der Waals surface area (Å²) in [6, 6.07) is 20.6. The first-order chi connectivity index (χ1) is 10.8. The fourth-order valence-corrected chi connectivity index (χ4v) is 4.28. The van der Waals surface area contributed by atoms with Gasteiger partial charge in [0.25, 0.3) is 0 Å². The number of aryl methyl sites for hydroxylation is 1. The molecule has 0 saturated carbocycles. The Morgan fingerprint density at radius 2 is 1.68 bits per heavy atom. The summed E-state index contributed by atoms with van der Waals surface area (Å²) in [5, 5.41) is 0. The monoisotopic (exact) mass is 292 g/mol. The number of nitrogens with zero attached hydrogens (tertiary/aromatic N) is 1. The topological polar surface area (TPSA) is 29.3 Å². The van der Waals surface area contributed by atoms with E-state index in [1.165, 1.54) is 36.0 Å². The molecule has 0 aromatic heterocycles. The normalized spacial score (nSPS) is 28.5. The van der Waals surface area contributed by atoms with Crippen LogP contribution in [0.25, 0.3) is 0 Å². The molecular weight excluding hydrogens is 268 g/mol. The molecule has 2 aromatic rings. The summed E-state index contributed by atoms with van der Waals surface area (Å²) in [5.41, 5.74) is 11.0. The Morgan fingerprint density at radius 3 is 2.55 bits per heavy atom. The van der Waals surface area contributed by atoms with Crippen LogP contribution in [0.2, 0.25) is 0 Å². The van der Waals surface area contributed by atoms with E-state index in [1.807, 2.05) is 0 Å². The summed E-state index contributed by atoms with van der Waals surface area (Å²) in [7, 11) is 0. The second kappa shape index (κ2) is 5.86. The van der Waals surface area contributed by atoms with E-state index in [9.17, 15) is 0 Å². The summed E-state index contributed by atoms with van der Waals surface area (Å²) >= 11 is 0. The lowest BCUT2D eigenvalue weighted by atomic mass is 9.87. The molecule has 1 fully saturated rings. The van der Waals surface area contributed by atoms with Gasteiger partial charge in [-0.1, -0.05) is 54.6 Å². The van der Waals surface area contributed by atoms with Crippen molar-refractivity contribution in [2.75, 3.05) is 13.1 Å². The lowest BCUT2D eigenvalue weighted by Gasteiger charge is -2.33. The molecule has 3 atom stereocenters. The molecule has 1 unspecified atom stereocenters. The third-order valence-electron chi connectivity index (χ3n) is 5.40. The largest absolute Gasteiger partial charge is 0.326 e. The highest BCUT2D eigenvalue weighted by Crippen LogP contribution is 2.38. The number of benzene rings is 2. The van der Waals surface area contributed by atoms with Crippen LogP contribution in [0.15, 0.2) is 54.6 Å². The Morgan fingerprint density at radius 1 is 0.909 bits per heavy atom. The van der Waals surface area contributed by atoms with Gasteiger partial charge in [0.1, 0.15) is 0 Å². The second-order valence-electron chi connectivity index (χ2n) is 6.74. The molecule has 2 heteroatoms. The Kier molecular flexibility index (Phi) is 3.73. The first-order valence-corrected chi connectivity index (χ1v) is 8.45. The zero-order valence-corrected chi connectivity index (χ0v) is 13.0. The molecule has 2 nitrogen and oxygen atoms in total. The average Bonchev–Trinajstić information content (AvgIpc) is 2.97. The van der Waals surface area contributed by atoms with Crippen LogP contribution in [0.4, 0.5) is 0 Å². The van der Waals surface area contributed by atoms with Gasteiger partial charge in [-0.3, -0.25) is 4.90 Å². The van der Waals surface area contributed by atoms with Crippen molar-refractivity contribution in [3.8, 4) is 0 Å². The fraction of sp³-hybridized carbons (Fsp3) is 0.400. The SMILES string of the molecule is N[C@@H]1CN(C2CCCc3ccccc32)C[C@H]1c1ccccc1. The van der Waals surface area contributed by atoms with Gasteiger partial charge in [0.15, 0.2) is 0 Å². The number of rotatable bonds is 2. The van der Waals surface area contributed by atoms with Gasteiger partial charge < -0.3 is 5.73 Å². The standard InChI is InChI=1S/C20H24N2/c21-19-14-22(13-18(19)16-7-2-1-3-8-16)20-12-6-10-15-9-4-5-11-17(15)20/h1-5,7-9,11,18-20H,6,10,12-14,21H2/t18-,19+,20?/m0/s1. The van der Waals surface area contributed by atoms with Crippen LogP contribution in [0.5, 0.6) is 0 Å². The maximum Gasteiger partial charge on any atom is 0.0351 e. The van der Waals surface area contributed by atoms with Crippen LogP contribution in [0.3, 0.4) is 0 Å². The molecule has 1 aliphatic carbocycles. The maximum atomic E-state index is 6.49. The molecule has 4 rings (SSSR count). The van der Waals surface area contributed by atoms with E-state index in [-0.39, 0.29) is 6.04 Å². The van der Waals surface area contributed by atoms with Crippen molar-refractivity contribution in [1.29, 1.82) is 0 Å². The van der Waals surface area contributed by atoms with Gasteiger partial charge in [0, 0.05) is 31.1 Å². The Bertz CT molecular complexity index is 637. The van der Waals surface area contributed by atoms with Crippen LogP contribution >= 0.6 is 0 Å². The van der Waals surface area contributed by atoms with Crippen molar-refractivity contribution in [2.45, 2.75) is 37.3 Å². The van der Waals surface area contributed by atoms with Gasteiger partial charge in [-0.05, 0) is 36.0 Å². The molecule has 1 saturated heterocycles. The Labute approximate surface area is 132 Å². The van der Waals surface area contributed by atoms with E-state index in [0.717, 1.165) is 13.1 Å². The minimum absolute atomic E-state index is 0.247. The van der Waals surface area contributed by atoms with E-state index in [4.69, 9.17) is 5.73 Å². The highest BCUT2D eigenvalue weighted by atomic mass is 15.2. The molecule has 0 spiro atoms. The number of likely N-dealkylation sites (tertiary alicyclic amines) is 1. The van der Waals surface area contributed by atoms with Gasteiger partial charge in [-0.25, -0.2) is 0 Å². The van der Waals surface area contributed by atoms with E-state index in [2.05, 4.69) is 59.5 Å². The van der Waals surface area contributed by atoms with Crippen LogP contribution < -0.4 is 5.73 Å². The van der Waals surface area contributed by atoms with Crippen molar-refractivity contribution >= 4 is 0 Å². The predicted molar refractivity (Wildman–Crippen MR) is 90.9 cm³/mol. The van der Waals surface area contributed by atoms with Gasteiger partial charge in [-0.2, -0.15) is 0 Å². The summed E-state index contributed by atoms with van der Waals surface area (Å²) in [5.74, 6) is 0.468. The summed E-state index contributed by atoms with van der Waals surface area (Å²) in [6.45, 7) is 2.10. The summed E-state index contributed by atoms with van der Waals surface area (Å²) < 4.78 is 0. The van der Waals surface area contributed by atoms with Gasteiger partial charge in [-0.15, -0.1) is 0 Å². The van der Waals surface area contributed by atoms with Crippen molar-refractivity contribution in [2.24, 2.45) is 5.73 Å². The van der Waals surface area contributed by atoms with E-state index in [1.54, 1.807) is 0 Å². The lowest BCUT2D eigenvalue weighted by Crippen LogP contribution is -2.32. The quantitative estimate of drug-likeness (QED) is 0.918. The van der Waals surface area contributed by atoms with Crippen molar-refractivity contribution in [3.63, 3.8) is 0 Å². The molecule has 0 bridgehead atoms. The molecule has 1 heterocycles. The molecule has 2 aliphatic rings. The first-order valence-electron chi connectivity index (χ1n) is 8.45. The number of nitrogens with two attached hydrogens (primary N) is 1. The van der Waals surface area contributed by atoms with E-state index >= 15 is 0 Å². The fourth-order valence-electron chi connectivity index (χ4n) is 4.28. The molecule has 2 N–H and O–H groups in total. The van der Waals surface area contributed by atoms with Crippen molar-refractivity contribution in [1.82, 2.24) is 4.90 Å². The molecule has 0 amide bonds. The highest BCUT2D eigenvalue weighted by molar-refractivity contribution is 5.33. The minimum atomic E-state index is 0.247. The predicted octanol–water partition coefficient (Wildman–Crippen LogP) is 3.49. The summed E-state index contributed by atoms with van der Waals surface area (Å²) in [6.07, 6.45) is 3.79. The average molecular weight is 292 g/mol. The molecule has 114 valence electrons. The molecule has 22 heavy (non-hydrogen) atoms. The van der Waals surface area contributed by atoms with Gasteiger partial charge in [0.05, 0.1) is 0 Å². The number of fused-ring (bicyclic) bond motifs is 1. The zero-order chi connectivity index (χ0) is 14.9. The zero-order valence-electron chi connectivity index (χ0n) is 13.0. The molecular formula is C20H24N2. The van der Waals surface area contributed by atoms with E-state index < -0.39 is 0 Å². The number of hydrogen-bond donors (Lipinski definition) is 1. The second-order valence-corrected chi connectivity index (χ2v) is 6.74. The van der Waals surface area contributed by atoms with Gasteiger partial charge >= 0.3 is 0 Å². The number of hydrogen-bond acceptors (Lipinski definition) is 2. The Hall–Kier alpha value is -1.64. The lowest BCUT2D eigenvalue weighted by molar-refractivity contribution is 0.217. The maximum absolute atomic E-state index is 6.49.